The fourth-order valence-corrected chi connectivity index (χ4v) is 3.27. The lowest BCUT2D eigenvalue weighted by Crippen LogP contribution is -2.09. The molecule has 100 valence electrons. The first-order valence-electron chi connectivity index (χ1n) is 5.66. The van der Waals surface area contributed by atoms with Crippen LogP contribution in [-0.4, -0.2) is 10.8 Å². The molecule has 0 saturated carbocycles. The number of carbonyl (C=O) groups is 1. The molecule has 0 aliphatic heterocycles. The minimum atomic E-state index is -0.501. The van der Waals surface area contributed by atoms with E-state index < -0.39 is 4.92 Å². The number of nitrogens with one attached hydrogen (secondary N) is 1. The van der Waals surface area contributed by atoms with Gasteiger partial charge in [0.2, 0.25) is 0 Å². The van der Waals surface area contributed by atoms with Crippen LogP contribution in [0.1, 0.15) is 9.67 Å². The SMILES string of the molecule is O=C(Nc1ccc2sccc2c1)c1ccc([N+](=O)[O-])s1. The molecule has 0 aliphatic carbocycles. The van der Waals surface area contributed by atoms with Crippen molar-refractivity contribution in [2.24, 2.45) is 0 Å². The number of nitrogens with zero attached hydrogens (tertiary/aromatic N) is 1. The number of nitro groups is 1. The normalized spacial score (nSPS) is 10.6. The zero-order chi connectivity index (χ0) is 14.1. The van der Waals surface area contributed by atoms with Crippen LogP contribution in [0.2, 0.25) is 0 Å². The Morgan fingerprint density at radius 3 is 2.80 bits per heavy atom. The van der Waals surface area contributed by atoms with Crippen molar-refractivity contribution in [3.8, 4) is 0 Å². The van der Waals surface area contributed by atoms with Gasteiger partial charge in [-0.1, -0.05) is 11.3 Å². The molecule has 1 aromatic carbocycles. The summed E-state index contributed by atoms with van der Waals surface area (Å²) in [7, 11) is 0. The zero-order valence-corrected chi connectivity index (χ0v) is 11.7. The van der Waals surface area contributed by atoms with Gasteiger partial charge in [0, 0.05) is 16.5 Å². The van der Waals surface area contributed by atoms with Gasteiger partial charge < -0.3 is 5.32 Å². The average Bonchev–Trinajstić information content (AvgIpc) is 3.07. The second-order valence-electron chi connectivity index (χ2n) is 4.02. The Labute approximate surface area is 121 Å². The Bertz CT molecular complexity index is 807. The fourth-order valence-electron chi connectivity index (χ4n) is 1.78. The van der Waals surface area contributed by atoms with Gasteiger partial charge in [-0.3, -0.25) is 14.9 Å². The highest BCUT2D eigenvalue weighted by Crippen LogP contribution is 2.27. The maximum Gasteiger partial charge on any atom is 0.324 e. The molecule has 2 heterocycles. The lowest BCUT2D eigenvalue weighted by Gasteiger charge is -2.03. The van der Waals surface area contributed by atoms with E-state index >= 15 is 0 Å². The Morgan fingerprint density at radius 2 is 2.05 bits per heavy atom. The van der Waals surface area contributed by atoms with Gasteiger partial charge >= 0.3 is 5.00 Å². The van der Waals surface area contributed by atoms with E-state index in [1.807, 2.05) is 29.6 Å². The van der Waals surface area contributed by atoms with Crippen molar-refractivity contribution in [2.75, 3.05) is 5.32 Å². The standard InChI is InChI=1S/C13H8N2O3S2/c16-13(11-3-4-12(20-11)15(17)18)14-9-1-2-10-8(7-9)5-6-19-10/h1-7H,(H,14,16). The summed E-state index contributed by atoms with van der Waals surface area (Å²) in [5.74, 6) is -0.335. The van der Waals surface area contributed by atoms with E-state index in [-0.39, 0.29) is 10.9 Å². The van der Waals surface area contributed by atoms with Crippen LogP contribution in [-0.2, 0) is 0 Å². The van der Waals surface area contributed by atoms with E-state index in [1.165, 1.54) is 12.1 Å². The number of rotatable bonds is 3. The van der Waals surface area contributed by atoms with Crippen molar-refractivity contribution in [1.82, 2.24) is 0 Å². The highest BCUT2D eigenvalue weighted by atomic mass is 32.1. The Balaban J connectivity index is 1.82. The van der Waals surface area contributed by atoms with Gasteiger partial charge in [0.15, 0.2) is 0 Å². The van der Waals surface area contributed by atoms with E-state index in [2.05, 4.69) is 5.32 Å². The summed E-state index contributed by atoms with van der Waals surface area (Å²) in [5.41, 5.74) is 0.678. The predicted molar refractivity (Wildman–Crippen MR) is 80.8 cm³/mol. The average molecular weight is 304 g/mol. The molecule has 0 aliphatic rings. The first kappa shape index (κ1) is 12.8. The number of anilines is 1. The highest BCUT2D eigenvalue weighted by molar-refractivity contribution is 7.17. The van der Waals surface area contributed by atoms with E-state index in [1.54, 1.807) is 11.3 Å². The number of fused-ring (bicyclic) bond motifs is 1. The van der Waals surface area contributed by atoms with Crippen LogP contribution in [0.15, 0.2) is 41.8 Å². The number of hydrogen-bond acceptors (Lipinski definition) is 5. The molecule has 0 bridgehead atoms. The van der Waals surface area contributed by atoms with Crippen LogP contribution in [0.4, 0.5) is 10.7 Å². The topological polar surface area (TPSA) is 72.2 Å². The minimum Gasteiger partial charge on any atom is -0.321 e. The first-order valence-corrected chi connectivity index (χ1v) is 7.36. The lowest BCUT2D eigenvalue weighted by molar-refractivity contribution is -0.380. The van der Waals surface area contributed by atoms with Crippen molar-refractivity contribution in [3.05, 3.63) is 56.8 Å². The third kappa shape index (κ3) is 2.40. The molecule has 7 heteroatoms. The molecule has 1 N–H and O–H groups in total. The lowest BCUT2D eigenvalue weighted by atomic mass is 10.2. The molecule has 3 rings (SSSR count). The van der Waals surface area contributed by atoms with Gasteiger partial charge in [-0.15, -0.1) is 11.3 Å². The maximum atomic E-state index is 12.0. The van der Waals surface area contributed by atoms with Gasteiger partial charge in [-0.25, -0.2) is 0 Å². The van der Waals surface area contributed by atoms with Crippen LogP contribution < -0.4 is 5.32 Å². The largest absolute Gasteiger partial charge is 0.324 e. The predicted octanol–water partition coefficient (Wildman–Crippen LogP) is 4.12. The van der Waals surface area contributed by atoms with Gasteiger partial charge in [-0.05, 0) is 41.1 Å². The first-order chi connectivity index (χ1) is 9.63. The second kappa shape index (κ2) is 5.03. The number of hydrogen-bond donors (Lipinski definition) is 1. The molecule has 0 spiro atoms. The third-order valence-corrected chi connectivity index (χ3v) is 4.64. The number of amides is 1. The molecule has 0 unspecified atom stereocenters. The molecule has 5 nitrogen and oxygen atoms in total. The van der Waals surface area contributed by atoms with Gasteiger partial charge in [-0.2, -0.15) is 0 Å². The fraction of sp³-hybridized carbons (Fsp3) is 0. The van der Waals surface area contributed by atoms with Crippen molar-refractivity contribution in [1.29, 1.82) is 0 Å². The van der Waals surface area contributed by atoms with Crippen LogP contribution in [0.5, 0.6) is 0 Å². The summed E-state index contributed by atoms with van der Waals surface area (Å²) < 4.78 is 1.15. The molecular formula is C13H8N2O3S2. The monoisotopic (exact) mass is 304 g/mol. The molecule has 3 aromatic rings. The van der Waals surface area contributed by atoms with Crippen LogP contribution in [0.3, 0.4) is 0 Å². The van der Waals surface area contributed by atoms with Gasteiger partial charge in [0.1, 0.15) is 0 Å². The number of benzene rings is 1. The third-order valence-electron chi connectivity index (χ3n) is 2.71. The molecule has 20 heavy (non-hydrogen) atoms. The summed E-state index contributed by atoms with van der Waals surface area (Å²) in [6, 6.07) is 10.4. The summed E-state index contributed by atoms with van der Waals surface area (Å²) in [6.45, 7) is 0. The zero-order valence-electron chi connectivity index (χ0n) is 10.0. The van der Waals surface area contributed by atoms with Crippen molar-refractivity contribution in [3.63, 3.8) is 0 Å². The van der Waals surface area contributed by atoms with Gasteiger partial charge in [0.25, 0.3) is 5.91 Å². The van der Waals surface area contributed by atoms with Crippen molar-refractivity contribution >= 4 is 49.4 Å². The van der Waals surface area contributed by atoms with Gasteiger partial charge in [0.05, 0.1) is 9.80 Å². The van der Waals surface area contributed by atoms with E-state index in [0.717, 1.165) is 21.4 Å². The Kier molecular flexibility index (Phi) is 3.21. The summed E-state index contributed by atoms with van der Waals surface area (Å²) in [4.78, 5) is 22.4. The van der Waals surface area contributed by atoms with Crippen LogP contribution in [0, 0.1) is 10.1 Å². The second-order valence-corrected chi connectivity index (χ2v) is 6.03. The molecule has 0 fully saturated rings. The molecular weight excluding hydrogens is 296 g/mol. The quantitative estimate of drug-likeness (QED) is 0.584. The number of thiophene rings is 2. The maximum absolute atomic E-state index is 12.0. The van der Waals surface area contributed by atoms with Crippen LogP contribution in [0.25, 0.3) is 10.1 Å². The van der Waals surface area contributed by atoms with Crippen molar-refractivity contribution in [2.45, 2.75) is 0 Å². The summed E-state index contributed by atoms with van der Waals surface area (Å²) in [5, 5.41) is 16.4. The van der Waals surface area contributed by atoms with Crippen LogP contribution >= 0.6 is 22.7 Å². The molecule has 1 amide bonds. The highest BCUT2D eigenvalue weighted by Gasteiger charge is 2.15. The summed E-state index contributed by atoms with van der Waals surface area (Å²) >= 11 is 2.50. The van der Waals surface area contributed by atoms with E-state index in [9.17, 15) is 14.9 Å². The molecule has 2 aromatic heterocycles. The smallest absolute Gasteiger partial charge is 0.321 e. The summed E-state index contributed by atoms with van der Waals surface area (Å²) in [6.07, 6.45) is 0. The van der Waals surface area contributed by atoms with E-state index in [4.69, 9.17) is 0 Å². The minimum absolute atomic E-state index is 0.0385. The number of carbonyl (C=O) groups excluding carboxylic acids is 1. The van der Waals surface area contributed by atoms with Crippen molar-refractivity contribution < 1.29 is 9.72 Å². The molecule has 0 atom stereocenters. The van der Waals surface area contributed by atoms with E-state index in [0.29, 0.717) is 10.6 Å². The molecule has 0 saturated heterocycles. The Hall–Kier alpha value is -2.25. The Morgan fingerprint density at radius 1 is 1.20 bits per heavy atom. The molecule has 0 radical (unpaired) electrons.